The van der Waals surface area contributed by atoms with Crippen LogP contribution < -0.4 is 10.2 Å². The minimum atomic E-state index is -0.806. The Labute approximate surface area is 256 Å². The minimum absolute atomic E-state index is 0.0468. The Morgan fingerprint density at radius 1 is 1.20 bits per heavy atom. The molecule has 2 atom stereocenters. The maximum atomic E-state index is 16.8. The lowest BCUT2D eigenvalue weighted by Crippen LogP contribution is -2.39. The quantitative estimate of drug-likeness (QED) is 0.317. The van der Waals surface area contributed by atoms with Gasteiger partial charge in [-0.25, -0.2) is 23.5 Å². The molecule has 0 aliphatic carbocycles. The van der Waals surface area contributed by atoms with E-state index in [1.807, 2.05) is 25.1 Å². The Hall–Kier alpha value is -4.03. The number of amides is 1. The highest BCUT2D eigenvalue weighted by Crippen LogP contribution is 2.46. The number of likely N-dealkylation sites (N-methyl/N-ethyl adjacent to an activating group) is 1. The lowest BCUT2D eigenvalue weighted by molar-refractivity contribution is 0.0634. The van der Waals surface area contributed by atoms with Gasteiger partial charge in [-0.1, -0.05) is 0 Å². The molecule has 1 saturated heterocycles. The molecule has 5 heterocycles. The number of fused-ring (bicyclic) bond motifs is 4. The third-order valence-electron chi connectivity index (χ3n) is 7.81. The van der Waals surface area contributed by atoms with Crippen LogP contribution in [0, 0.1) is 23.0 Å². The first-order chi connectivity index (χ1) is 20.9. The number of benzene rings is 1. The lowest BCUT2D eigenvalue weighted by atomic mass is 9.94. The van der Waals surface area contributed by atoms with E-state index in [1.165, 1.54) is 0 Å². The molecule has 4 aromatic rings. The van der Waals surface area contributed by atoms with Gasteiger partial charge in [-0.3, -0.25) is 10.3 Å². The largest absolute Gasteiger partial charge is 0.444 e. The van der Waals surface area contributed by atoms with E-state index in [0.717, 1.165) is 17.5 Å². The third-order valence-corrected chi connectivity index (χ3v) is 8.92. The highest BCUT2D eigenvalue weighted by molar-refractivity contribution is 7.23. The van der Waals surface area contributed by atoms with Crippen molar-refractivity contribution < 1.29 is 27.8 Å². The van der Waals surface area contributed by atoms with Gasteiger partial charge in [0.1, 0.15) is 22.2 Å². The molecule has 1 fully saturated rings. The predicted molar refractivity (Wildman–Crippen MR) is 162 cm³/mol. The van der Waals surface area contributed by atoms with Crippen molar-refractivity contribution in [2.45, 2.75) is 51.7 Å². The maximum Gasteiger partial charge on any atom is 0.412 e. The number of thiophene rings is 1. The fourth-order valence-corrected chi connectivity index (χ4v) is 6.84. The molecule has 0 spiro atoms. The number of methoxy groups -OCH3 is 1. The van der Waals surface area contributed by atoms with Crippen LogP contribution in [0.3, 0.4) is 0 Å². The Balaban J connectivity index is 1.52. The van der Waals surface area contributed by atoms with Crippen LogP contribution in [-0.2, 0) is 27.4 Å². The number of carbonyl (C=O) groups is 1. The van der Waals surface area contributed by atoms with Gasteiger partial charge in [-0.15, -0.1) is 11.3 Å². The molecule has 11 nitrogen and oxygen atoms in total. The molecule has 0 unspecified atom stereocenters. The van der Waals surface area contributed by atoms with E-state index < -0.39 is 23.3 Å². The van der Waals surface area contributed by atoms with Crippen molar-refractivity contribution in [1.29, 1.82) is 5.26 Å². The molecule has 14 heteroatoms. The van der Waals surface area contributed by atoms with Crippen molar-refractivity contribution >= 4 is 49.4 Å². The molecule has 0 radical (unpaired) electrons. The van der Waals surface area contributed by atoms with Crippen LogP contribution in [0.15, 0.2) is 12.4 Å². The zero-order valence-corrected chi connectivity index (χ0v) is 25.9. The second-order valence-electron chi connectivity index (χ2n) is 12.0. The molecule has 2 aliphatic heterocycles. The number of nitriles is 1. The first-order valence-electron chi connectivity index (χ1n) is 13.9. The van der Waals surface area contributed by atoms with Gasteiger partial charge in [0.05, 0.1) is 47.5 Å². The molecule has 0 saturated carbocycles. The fraction of sp³-hybridized carbons (Fsp3) is 0.433. The summed E-state index contributed by atoms with van der Waals surface area (Å²) < 4.78 is 48.7. The predicted octanol–water partition coefficient (Wildman–Crippen LogP) is 5.20. The summed E-state index contributed by atoms with van der Waals surface area (Å²) in [5.41, 5.74) is 0.569. The molecule has 6 rings (SSSR count). The molecule has 1 N–H and O–H groups in total. The van der Waals surface area contributed by atoms with Crippen LogP contribution in [-0.4, -0.2) is 78.0 Å². The summed E-state index contributed by atoms with van der Waals surface area (Å²) in [7, 11) is 5.61. The Kier molecular flexibility index (Phi) is 7.61. The van der Waals surface area contributed by atoms with Gasteiger partial charge >= 0.3 is 6.09 Å². The van der Waals surface area contributed by atoms with Gasteiger partial charge < -0.3 is 24.0 Å². The van der Waals surface area contributed by atoms with Gasteiger partial charge in [-0.2, -0.15) is 5.26 Å². The summed E-state index contributed by atoms with van der Waals surface area (Å²) in [6.07, 6.45) is 1.70. The smallest absolute Gasteiger partial charge is 0.412 e. The topological polar surface area (TPSA) is 126 Å². The number of rotatable bonds is 5. The van der Waals surface area contributed by atoms with Crippen LogP contribution in [0.4, 0.5) is 24.5 Å². The summed E-state index contributed by atoms with van der Waals surface area (Å²) in [5, 5.41) is 13.4. The Morgan fingerprint density at radius 3 is 2.61 bits per heavy atom. The SMILES string of the molecule is CO[C@H]1CN(c2ncc3c4c(c(-c5ncc(F)c6sc(NC(=O)OC(C)(C)C)c(C#N)c56)c(F)c3n2)COC4)C[C@@H]1N(C)C. The number of hydrogen-bond donors (Lipinski definition) is 1. The molecule has 2 aliphatic rings. The number of nitrogens with zero attached hydrogens (tertiary/aromatic N) is 6. The zero-order chi connectivity index (χ0) is 31.5. The monoisotopic (exact) mass is 623 g/mol. The molecule has 0 bridgehead atoms. The van der Waals surface area contributed by atoms with Crippen molar-refractivity contribution in [3.05, 3.63) is 40.7 Å². The van der Waals surface area contributed by atoms with Gasteiger partial charge in [0.2, 0.25) is 5.95 Å². The normalized spacial score (nSPS) is 18.3. The van der Waals surface area contributed by atoms with E-state index in [4.69, 9.17) is 14.2 Å². The molecule has 1 amide bonds. The number of hydrogen-bond acceptors (Lipinski definition) is 11. The number of carbonyl (C=O) groups excluding carboxylic acids is 1. The van der Waals surface area contributed by atoms with Crippen molar-refractivity contribution in [3.8, 4) is 17.3 Å². The first kappa shape index (κ1) is 30.0. The van der Waals surface area contributed by atoms with E-state index in [-0.39, 0.29) is 62.8 Å². The average Bonchev–Trinajstić information content (AvgIpc) is 3.70. The average molecular weight is 624 g/mol. The van der Waals surface area contributed by atoms with Crippen molar-refractivity contribution in [2.75, 3.05) is 44.5 Å². The summed E-state index contributed by atoms with van der Waals surface area (Å²) >= 11 is 0.854. The summed E-state index contributed by atoms with van der Waals surface area (Å²) in [6.45, 7) is 6.50. The lowest BCUT2D eigenvalue weighted by Gasteiger charge is -2.23. The first-order valence-corrected chi connectivity index (χ1v) is 14.8. The van der Waals surface area contributed by atoms with Crippen LogP contribution in [0.5, 0.6) is 0 Å². The van der Waals surface area contributed by atoms with Gasteiger partial charge in [0.15, 0.2) is 11.6 Å². The standard InChI is InChI=1S/C30H31F2N7O4S/c1-30(2,3)43-29(40)37-27-14(7-33)22-25(34-9-18(31)26(22)44-27)21-17-13-42-12-16(17)15-8-35-28(36-24(15)23(21)32)39-10-19(38(4)5)20(11-39)41-6/h8-9,19-20H,10-13H2,1-6H3,(H,37,40)/t19-,20-/m0/s1. The molecule has 1 aromatic carbocycles. The molecular weight excluding hydrogens is 592 g/mol. The number of ether oxygens (including phenoxy) is 3. The Bertz CT molecular complexity index is 1850. The second-order valence-corrected chi connectivity index (χ2v) is 13.0. The summed E-state index contributed by atoms with van der Waals surface area (Å²) in [4.78, 5) is 30.1. The number of aromatic nitrogens is 3. The van der Waals surface area contributed by atoms with E-state index in [1.54, 1.807) is 34.1 Å². The van der Waals surface area contributed by atoms with E-state index >= 15 is 8.78 Å². The number of halogens is 2. The van der Waals surface area contributed by atoms with Crippen molar-refractivity contribution in [3.63, 3.8) is 0 Å². The Morgan fingerprint density at radius 2 is 1.95 bits per heavy atom. The molecular formula is C30H31F2N7O4S. The van der Waals surface area contributed by atoms with E-state index in [2.05, 4.69) is 25.2 Å². The van der Waals surface area contributed by atoms with Gasteiger partial charge in [0.25, 0.3) is 0 Å². The number of nitrogens with one attached hydrogen (secondary N) is 1. The fourth-order valence-electron chi connectivity index (χ4n) is 5.80. The van der Waals surface area contributed by atoms with E-state index in [9.17, 15) is 10.1 Å². The molecule has 3 aromatic heterocycles. The van der Waals surface area contributed by atoms with Crippen LogP contribution in [0.2, 0.25) is 0 Å². The summed E-state index contributed by atoms with van der Waals surface area (Å²) in [6, 6.07) is 2.14. The highest BCUT2D eigenvalue weighted by atomic mass is 32.1. The van der Waals surface area contributed by atoms with Crippen molar-refractivity contribution in [2.24, 2.45) is 0 Å². The van der Waals surface area contributed by atoms with Crippen LogP contribution in [0.1, 0.15) is 37.5 Å². The van der Waals surface area contributed by atoms with Crippen molar-refractivity contribution in [1.82, 2.24) is 19.9 Å². The second kappa shape index (κ2) is 11.2. The third kappa shape index (κ3) is 5.09. The molecule has 44 heavy (non-hydrogen) atoms. The van der Waals surface area contributed by atoms with E-state index in [0.29, 0.717) is 35.6 Å². The highest BCUT2D eigenvalue weighted by Gasteiger charge is 2.36. The van der Waals surface area contributed by atoms with Crippen LogP contribution in [0.25, 0.3) is 32.2 Å². The van der Waals surface area contributed by atoms with Gasteiger partial charge in [0, 0.05) is 42.7 Å². The zero-order valence-electron chi connectivity index (χ0n) is 25.1. The summed E-state index contributed by atoms with van der Waals surface area (Å²) in [5.74, 6) is -1.04. The molecule has 230 valence electrons. The van der Waals surface area contributed by atoms with Crippen LogP contribution >= 0.6 is 11.3 Å². The number of anilines is 2. The maximum absolute atomic E-state index is 16.8. The van der Waals surface area contributed by atoms with Gasteiger partial charge in [-0.05, 0) is 46.0 Å². The number of pyridine rings is 1. The minimum Gasteiger partial charge on any atom is -0.444 e.